The molecule has 0 spiro atoms. The summed E-state index contributed by atoms with van der Waals surface area (Å²) in [6.07, 6.45) is 1.86. The van der Waals surface area contributed by atoms with Gasteiger partial charge in [-0.05, 0) is 29.7 Å². The van der Waals surface area contributed by atoms with Crippen LogP contribution in [-0.4, -0.2) is 9.97 Å². The maximum Gasteiger partial charge on any atom is 0.138 e. The zero-order valence-electron chi connectivity index (χ0n) is 12.4. The van der Waals surface area contributed by atoms with Crippen molar-refractivity contribution in [1.82, 2.24) is 9.97 Å². The molecule has 0 aliphatic carbocycles. The Hall–Kier alpha value is -2.87. The SMILES string of the molecule is Cc1ccnc2[nH]c(-c3ccccc3)c(-c3ccccc3)c12. The predicted octanol–water partition coefficient (Wildman–Crippen LogP) is 5.21. The number of aromatic nitrogens is 2. The molecule has 1 N–H and O–H groups in total. The van der Waals surface area contributed by atoms with Crippen molar-refractivity contribution >= 4 is 11.0 Å². The minimum absolute atomic E-state index is 0.942. The molecule has 0 fully saturated rings. The molecule has 0 amide bonds. The van der Waals surface area contributed by atoms with Gasteiger partial charge in [0.25, 0.3) is 0 Å². The monoisotopic (exact) mass is 284 g/mol. The second-order valence-electron chi connectivity index (χ2n) is 5.46. The number of hydrogen-bond donors (Lipinski definition) is 1. The van der Waals surface area contributed by atoms with Gasteiger partial charge in [-0.3, -0.25) is 0 Å². The van der Waals surface area contributed by atoms with Crippen LogP contribution in [0.25, 0.3) is 33.4 Å². The van der Waals surface area contributed by atoms with Gasteiger partial charge >= 0.3 is 0 Å². The number of nitrogens with one attached hydrogen (secondary N) is 1. The van der Waals surface area contributed by atoms with E-state index in [4.69, 9.17) is 0 Å². The third kappa shape index (κ3) is 2.01. The van der Waals surface area contributed by atoms with E-state index in [2.05, 4.69) is 71.5 Å². The van der Waals surface area contributed by atoms with Crippen LogP contribution in [-0.2, 0) is 0 Å². The molecule has 2 aromatic carbocycles. The quantitative estimate of drug-likeness (QED) is 0.538. The van der Waals surface area contributed by atoms with Crippen molar-refractivity contribution in [3.05, 3.63) is 78.5 Å². The Labute approximate surface area is 129 Å². The zero-order valence-corrected chi connectivity index (χ0v) is 12.4. The third-order valence-electron chi connectivity index (χ3n) is 4.03. The fraction of sp³-hybridized carbons (Fsp3) is 0.0500. The molecule has 0 saturated heterocycles. The molecule has 2 nitrogen and oxygen atoms in total. The molecule has 4 aromatic rings. The van der Waals surface area contributed by atoms with Gasteiger partial charge in [-0.1, -0.05) is 60.7 Å². The second kappa shape index (κ2) is 5.15. The average Bonchev–Trinajstić information content (AvgIpc) is 2.97. The van der Waals surface area contributed by atoms with Crippen LogP contribution in [0, 0.1) is 6.92 Å². The van der Waals surface area contributed by atoms with E-state index >= 15 is 0 Å². The molecule has 2 heterocycles. The fourth-order valence-electron chi connectivity index (χ4n) is 2.99. The van der Waals surface area contributed by atoms with Crippen molar-refractivity contribution < 1.29 is 0 Å². The van der Waals surface area contributed by atoms with Crippen LogP contribution in [0.3, 0.4) is 0 Å². The number of hydrogen-bond acceptors (Lipinski definition) is 1. The molecule has 22 heavy (non-hydrogen) atoms. The van der Waals surface area contributed by atoms with Gasteiger partial charge in [-0.25, -0.2) is 4.98 Å². The van der Waals surface area contributed by atoms with Crippen LogP contribution in [0.15, 0.2) is 72.9 Å². The normalized spacial score (nSPS) is 11.0. The highest BCUT2D eigenvalue weighted by atomic mass is 14.9. The van der Waals surface area contributed by atoms with E-state index in [1.54, 1.807) is 0 Å². The van der Waals surface area contributed by atoms with E-state index < -0.39 is 0 Å². The lowest BCUT2D eigenvalue weighted by Crippen LogP contribution is -1.83. The van der Waals surface area contributed by atoms with Crippen LogP contribution in [0.4, 0.5) is 0 Å². The van der Waals surface area contributed by atoms with Crippen molar-refractivity contribution in [3.63, 3.8) is 0 Å². The molecule has 4 rings (SSSR count). The summed E-state index contributed by atoms with van der Waals surface area (Å²) in [4.78, 5) is 8.03. The van der Waals surface area contributed by atoms with Crippen LogP contribution in [0.5, 0.6) is 0 Å². The average molecular weight is 284 g/mol. The smallest absolute Gasteiger partial charge is 0.138 e. The number of fused-ring (bicyclic) bond motifs is 1. The highest BCUT2D eigenvalue weighted by Crippen LogP contribution is 2.38. The standard InChI is InChI=1S/C20H16N2/c1-14-12-13-21-20-17(14)18(15-8-4-2-5-9-15)19(22-20)16-10-6-3-7-11-16/h2-13H,1H3,(H,21,22). The van der Waals surface area contributed by atoms with Crippen LogP contribution in [0.2, 0.25) is 0 Å². The number of benzene rings is 2. The highest BCUT2D eigenvalue weighted by Gasteiger charge is 2.16. The molecule has 2 aromatic heterocycles. The summed E-state index contributed by atoms with van der Waals surface area (Å²) in [6, 6.07) is 23.0. The van der Waals surface area contributed by atoms with Crippen molar-refractivity contribution in [2.24, 2.45) is 0 Å². The summed E-state index contributed by atoms with van der Waals surface area (Å²) in [6.45, 7) is 2.14. The van der Waals surface area contributed by atoms with Crippen molar-refractivity contribution in [2.75, 3.05) is 0 Å². The highest BCUT2D eigenvalue weighted by molar-refractivity contribution is 6.03. The zero-order chi connectivity index (χ0) is 14.9. The van der Waals surface area contributed by atoms with Gasteiger partial charge < -0.3 is 4.98 Å². The van der Waals surface area contributed by atoms with Gasteiger partial charge in [-0.2, -0.15) is 0 Å². The molecule has 0 unspecified atom stereocenters. The second-order valence-corrected chi connectivity index (χ2v) is 5.46. The van der Waals surface area contributed by atoms with Crippen molar-refractivity contribution in [1.29, 1.82) is 0 Å². The summed E-state index contributed by atoms with van der Waals surface area (Å²) in [5.41, 5.74) is 6.93. The van der Waals surface area contributed by atoms with Gasteiger partial charge in [0.2, 0.25) is 0 Å². The summed E-state index contributed by atoms with van der Waals surface area (Å²) >= 11 is 0. The molecular formula is C20H16N2. The van der Waals surface area contributed by atoms with Gasteiger partial charge in [-0.15, -0.1) is 0 Å². The van der Waals surface area contributed by atoms with Crippen molar-refractivity contribution in [3.8, 4) is 22.4 Å². The number of aryl methyl sites for hydroxylation is 1. The summed E-state index contributed by atoms with van der Waals surface area (Å²) in [7, 11) is 0. The lowest BCUT2D eigenvalue weighted by molar-refractivity contribution is 1.31. The maximum atomic E-state index is 4.52. The van der Waals surface area contributed by atoms with E-state index in [-0.39, 0.29) is 0 Å². The molecule has 0 atom stereocenters. The topological polar surface area (TPSA) is 28.7 Å². The van der Waals surface area contributed by atoms with Gasteiger partial charge in [0.1, 0.15) is 5.65 Å². The van der Waals surface area contributed by atoms with Gasteiger partial charge in [0.15, 0.2) is 0 Å². The first-order chi connectivity index (χ1) is 10.8. The Morgan fingerprint density at radius 3 is 2.09 bits per heavy atom. The first-order valence-corrected chi connectivity index (χ1v) is 7.43. The van der Waals surface area contributed by atoms with Crippen LogP contribution >= 0.6 is 0 Å². The van der Waals surface area contributed by atoms with E-state index in [1.807, 2.05) is 18.3 Å². The maximum absolute atomic E-state index is 4.52. The Kier molecular flexibility index (Phi) is 3.01. The summed E-state index contributed by atoms with van der Waals surface area (Å²) in [5, 5.41) is 1.20. The molecule has 0 radical (unpaired) electrons. The minimum Gasteiger partial charge on any atom is -0.339 e. The number of rotatable bonds is 2. The van der Waals surface area contributed by atoms with Crippen molar-refractivity contribution in [2.45, 2.75) is 6.92 Å². The van der Waals surface area contributed by atoms with Gasteiger partial charge in [0, 0.05) is 17.1 Å². The van der Waals surface area contributed by atoms with E-state index in [0.29, 0.717) is 0 Å². The molecule has 0 bridgehead atoms. The van der Waals surface area contributed by atoms with E-state index in [0.717, 1.165) is 11.3 Å². The minimum atomic E-state index is 0.942. The van der Waals surface area contributed by atoms with Crippen LogP contribution < -0.4 is 0 Å². The number of pyridine rings is 1. The number of nitrogens with zero attached hydrogens (tertiary/aromatic N) is 1. The lowest BCUT2D eigenvalue weighted by Gasteiger charge is -2.06. The number of H-pyrrole nitrogens is 1. The Morgan fingerprint density at radius 2 is 1.41 bits per heavy atom. The fourth-order valence-corrected chi connectivity index (χ4v) is 2.99. The molecule has 106 valence electrons. The molecule has 0 aliphatic heterocycles. The van der Waals surface area contributed by atoms with Gasteiger partial charge in [0.05, 0.1) is 5.69 Å². The molecular weight excluding hydrogens is 268 g/mol. The predicted molar refractivity (Wildman–Crippen MR) is 91.7 cm³/mol. The Morgan fingerprint density at radius 1 is 0.773 bits per heavy atom. The third-order valence-corrected chi connectivity index (χ3v) is 4.03. The molecule has 0 aliphatic rings. The molecule has 2 heteroatoms. The Balaban J connectivity index is 2.11. The number of aromatic amines is 1. The summed E-state index contributed by atoms with van der Waals surface area (Å²) in [5.74, 6) is 0. The largest absolute Gasteiger partial charge is 0.339 e. The Bertz CT molecular complexity index is 922. The first-order valence-electron chi connectivity index (χ1n) is 7.43. The molecule has 0 saturated carbocycles. The van der Waals surface area contributed by atoms with E-state index in [9.17, 15) is 0 Å². The van der Waals surface area contributed by atoms with Crippen LogP contribution in [0.1, 0.15) is 5.56 Å². The van der Waals surface area contributed by atoms with E-state index in [1.165, 1.54) is 27.6 Å². The lowest BCUT2D eigenvalue weighted by atomic mass is 9.97. The summed E-state index contributed by atoms with van der Waals surface area (Å²) < 4.78 is 0. The first kappa shape index (κ1) is 12.8.